The molecular formula is C108H132N4O4S8. The van der Waals surface area contributed by atoms with Gasteiger partial charge in [-0.2, -0.15) is 0 Å². The van der Waals surface area contributed by atoms with Crippen LogP contribution in [0.25, 0.3) is 91.4 Å². The molecule has 10 aromatic heterocycles. The van der Waals surface area contributed by atoms with Gasteiger partial charge in [0.2, 0.25) is 0 Å². The summed E-state index contributed by atoms with van der Waals surface area (Å²) in [5.74, 6) is 25.2. The quantitative estimate of drug-likeness (QED) is 0.0281. The predicted molar refractivity (Wildman–Crippen MR) is 545 cm³/mol. The zero-order valence-corrected chi connectivity index (χ0v) is 81.8. The molecule has 0 aromatic carbocycles. The average Bonchev–Trinajstić information content (AvgIpc) is 1.54. The summed E-state index contributed by atoms with van der Waals surface area (Å²) >= 11 is 13.9. The number of thiophene rings is 8. The molecule has 0 N–H and O–H groups in total. The maximum absolute atomic E-state index is 16.6. The fourth-order valence-electron chi connectivity index (χ4n) is 17.9. The number of rotatable bonds is 56. The van der Waals surface area contributed by atoms with Gasteiger partial charge in [0.05, 0.1) is 54.5 Å². The Hall–Kier alpha value is -7.50. The van der Waals surface area contributed by atoms with Crippen LogP contribution in [-0.2, 0) is 22.7 Å². The molecule has 8 nitrogen and oxygen atoms in total. The molecule has 2 atom stereocenters. The van der Waals surface area contributed by atoms with Gasteiger partial charge in [0.25, 0.3) is 22.9 Å². The molecule has 10 aromatic rings. The topological polar surface area (TPSA) is 84.6 Å². The van der Waals surface area contributed by atoms with Crippen molar-refractivity contribution in [1.82, 2.24) is 18.9 Å². The number of hydrogen-bond acceptors (Lipinski definition) is 12. The lowest BCUT2D eigenvalue weighted by molar-refractivity contribution is -0.124. The number of unbranched alkanes of at least 4 members (excludes halogenated alkanes) is 35. The minimum absolute atomic E-state index is 0.00435. The summed E-state index contributed by atoms with van der Waals surface area (Å²) < 4.78 is 8.98. The van der Waals surface area contributed by atoms with Crippen LogP contribution in [0.1, 0.15) is 330 Å². The standard InChI is InChI=1S/C108H132N4O4S8/c1-9-15-21-27-33-37-39-43-49-55-69-109-86-73-84(106(114)110(70-56-50-44-40-38-34-28-22-16-10-2)85(86)72-83(105(109)113)87-62-61-79(7)117-87)88-63-64-89(119-88)96-75-99-100(123-96)76-97(124-99)91-66-68-93(121-91)104-102-101(107(115)112(104)78-82(58-52-46-32-26-20-14-6)60-54-48-42-36-30-24-18-12-4)103(92-67-65-90(120-92)95-74-98-94(122-95)71-80(8)118-98)111(108(102)116)77-81(57-51-45-31-25-19-13-5)59-53-47-41-35-29-23-17-11-3/h3,61-68,71-76,81-82H,9-10,12-16,18-22,24-28,30-34,36-40,42-46,48-52,54-58,60,69-70,77-78H2,1-2,4-8H3. The van der Waals surface area contributed by atoms with Crippen molar-refractivity contribution in [2.24, 2.45) is 11.8 Å². The molecule has 2 aliphatic rings. The second-order valence-corrected chi connectivity index (χ2v) is 43.7. The van der Waals surface area contributed by atoms with E-state index in [1.807, 2.05) is 31.4 Å². The third-order valence-electron chi connectivity index (χ3n) is 24.7. The molecular weight excluding hydrogens is 1670 g/mol. The molecule has 0 radical (unpaired) electrons. The van der Waals surface area contributed by atoms with Crippen molar-refractivity contribution in [2.45, 2.75) is 338 Å². The number of carbonyl (C=O) groups excluding carboxylic acids is 2. The van der Waals surface area contributed by atoms with Gasteiger partial charge in [0.1, 0.15) is 0 Å². The highest BCUT2D eigenvalue weighted by Gasteiger charge is 2.50. The summed E-state index contributed by atoms with van der Waals surface area (Å²) in [5.41, 5.74) is 5.53. The van der Waals surface area contributed by atoms with Gasteiger partial charge in [-0.1, -0.05) is 285 Å². The first-order valence-electron chi connectivity index (χ1n) is 47.6. The fraction of sp³-hybridized carbons (Fsp3) is 0.519. The molecule has 656 valence electrons. The SMILES string of the molecule is C#CC#CC#CC#CC#CC(CCCCCCCC)CN1C(=O)C2=C(c3ccc(-c4cc5sc(-c6ccc(-c7cc8c(cc(-c9ccc(C)s9)c(=O)n8CCCCCCCCCCCC)n(CCCCCCCCCCCC)c7=O)s6)cc5s4)s3)N(CC(CCCCCCCC)CCCCCCCCCC)C(=O)C2=C1c1ccc(-c2cc3sc(C)cc3s2)s1. The van der Waals surface area contributed by atoms with Crippen LogP contribution in [-0.4, -0.2) is 43.8 Å². The number of carbonyl (C=O) groups is 2. The van der Waals surface area contributed by atoms with Crippen molar-refractivity contribution in [2.75, 3.05) is 13.1 Å². The molecule has 12 rings (SSSR count). The maximum atomic E-state index is 16.6. The van der Waals surface area contributed by atoms with Gasteiger partial charge >= 0.3 is 0 Å². The molecule has 124 heavy (non-hydrogen) atoms. The van der Waals surface area contributed by atoms with Crippen LogP contribution in [0.15, 0.2) is 106 Å². The molecule has 2 amide bonds. The van der Waals surface area contributed by atoms with E-state index in [0.29, 0.717) is 54.1 Å². The average molecular weight is 1810 g/mol. The Kier molecular flexibility index (Phi) is 39.2. The van der Waals surface area contributed by atoms with Crippen molar-refractivity contribution >= 4 is 144 Å². The highest BCUT2D eigenvalue weighted by molar-refractivity contribution is 7.34. The Morgan fingerprint density at radius 2 is 0.637 bits per heavy atom. The van der Waals surface area contributed by atoms with Gasteiger partial charge in [0, 0.05) is 99.7 Å². The van der Waals surface area contributed by atoms with Gasteiger partial charge in [-0.05, 0) is 184 Å². The van der Waals surface area contributed by atoms with Crippen LogP contribution in [0, 0.1) is 85.4 Å². The molecule has 2 unspecified atom stereocenters. The summed E-state index contributed by atoms with van der Waals surface area (Å²) in [6.45, 7) is 17.7. The first-order valence-corrected chi connectivity index (χ1v) is 54.2. The van der Waals surface area contributed by atoms with Crippen LogP contribution in [0.5, 0.6) is 0 Å². The van der Waals surface area contributed by atoms with E-state index in [0.717, 1.165) is 155 Å². The minimum Gasteiger partial charge on any atom is -0.306 e. The van der Waals surface area contributed by atoms with Crippen LogP contribution in [0.4, 0.5) is 0 Å². The van der Waals surface area contributed by atoms with Crippen molar-refractivity contribution in [3.63, 3.8) is 0 Å². The highest BCUT2D eigenvalue weighted by atomic mass is 32.1. The number of amides is 2. The van der Waals surface area contributed by atoms with E-state index in [2.05, 4.69) is 186 Å². The molecule has 2 aliphatic heterocycles. The number of hydrogen-bond donors (Lipinski definition) is 0. The number of aryl methyl sites for hydroxylation is 4. The molecule has 0 aliphatic carbocycles. The first kappa shape index (κ1) is 95.6. The summed E-state index contributed by atoms with van der Waals surface area (Å²) in [6, 6.07) is 30.6. The third-order valence-corrected chi connectivity index (χ3v) is 34.2. The summed E-state index contributed by atoms with van der Waals surface area (Å²) in [7, 11) is 0. The van der Waals surface area contributed by atoms with Gasteiger partial charge in [-0.25, -0.2) is 0 Å². The maximum Gasteiger partial charge on any atom is 0.261 e. The molecule has 0 saturated heterocycles. The van der Waals surface area contributed by atoms with E-state index in [-0.39, 0.29) is 34.8 Å². The van der Waals surface area contributed by atoms with E-state index in [9.17, 15) is 0 Å². The first-order chi connectivity index (χ1) is 60.8. The molecule has 12 heterocycles. The minimum atomic E-state index is -0.237. The normalized spacial score (nSPS) is 13.2. The summed E-state index contributed by atoms with van der Waals surface area (Å²) in [6.07, 6.45) is 56.4. The Balaban J connectivity index is 0.895. The van der Waals surface area contributed by atoms with Crippen LogP contribution >= 0.6 is 90.7 Å². The van der Waals surface area contributed by atoms with Crippen LogP contribution < -0.4 is 11.1 Å². The predicted octanol–water partition coefficient (Wildman–Crippen LogP) is 32.5. The van der Waals surface area contributed by atoms with E-state index in [4.69, 9.17) is 6.42 Å². The Morgan fingerprint density at radius 3 is 1.04 bits per heavy atom. The number of terminal acetylenes is 1. The van der Waals surface area contributed by atoms with Gasteiger partial charge in [0.15, 0.2) is 0 Å². The monoisotopic (exact) mass is 1800 g/mol. The van der Waals surface area contributed by atoms with Crippen molar-refractivity contribution in [1.29, 1.82) is 0 Å². The van der Waals surface area contributed by atoms with E-state index < -0.39 is 0 Å². The zero-order chi connectivity index (χ0) is 86.8. The van der Waals surface area contributed by atoms with Crippen LogP contribution in [0.3, 0.4) is 0 Å². The van der Waals surface area contributed by atoms with Crippen molar-refractivity contribution in [3.05, 3.63) is 136 Å². The van der Waals surface area contributed by atoms with E-state index in [1.54, 1.807) is 79.4 Å². The van der Waals surface area contributed by atoms with E-state index >= 15 is 19.2 Å². The fourth-order valence-corrected chi connectivity index (χ4v) is 26.9. The zero-order valence-electron chi connectivity index (χ0n) is 75.2. The number of aromatic nitrogens is 2. The molecule has 0 spiro atoms. The molecule has 16 heteroatoms. The molecule has 0 bridgehead atoms. The highest BCUT2D eigenvalue weighted by Crippen LogP contribution is 2.53. The Bertz CT molecular complexity index is 5600. The second kappa shape index (κ2) is 50.9. The Morgan fingerprint density at radius 1 is 0.306 bits per heavy atom. The number of fused-ring (bicyclic) bond motifs is 4. The van der Waals surface area contributed by atoms with Gasteiger partial charge < -0.3 is 18.9 Å². The van der Waals surface area contributed by atoms with Crippen molar-refractivity contribution < 1.29 is 9.59 Å². The Labute approximate surface area is 774 Å². The number of nitrogens with zero attached hydrogens (tertiary/aromatic N) is 4. The molecule has 0 saturated carbocycles. The van der Waals surface area contributed by atoms with Gasteiger partial charge in [-0.15, -0.1) is 97.1 Å². The summed E-state index contributed by atoms with van der Waals surface area (Å²) in [4.78, 5) is 80.7. The third kappa shape index (κ3) is 26.4. The van der Waals surface area contributed by atoms with Crippen LogP contribution in [0.2, 0.25) is 0 Å². The lowest BCUT2D eigenvalue weighted by Crippen LogP contribution is -2.34. The largest absolute Gasteiger partial charge is 0.306 e. The van der Waals surface area contributed by atoms with Gasteiger partial charge in [-0.3, -0.25) is 19.2 Å². The van der Waals surface area contributed by atoms with Crippen molar-refractivity contribution in [3.8, 4) is 110 Å². The second-order valence-electron chi connectivity index (χ2n) is 34.6. The summed E-state index contributed by atoms with van der Waals surface area (Å²) in [5, 5.41) is 0. The number of pyridine rings is 2. The molecule has 0 fully saturated rings. The van der Waals surface area contributed by atoms with E-state index in [1.165, 1.54) is 215 Å². The smallest absolute Gasteiger partial charge is 0.261 e. The lowest BCUT2D eigenvalue weighted by atomic mass is 9.93. The lowest BCUT2D eigenvalue weighted by Gasteiger charge is -2.28.